The molecule has 5 nitrogen and oxygen atoms in total. The quantitative estimate of drug-likeness (QED) is 0.852. The van der Waals surface area contributed by atoms with Gasteiger partial charge in [-0.15, -0.1) is 0 Å². The summed E-state index contributed by atoms with van der Waals surface area (Å²) in [5, 5.41) is 14.8. The summed E-state index contributed by atoms with van der Waals surface area (Å²) >= 11 is 6.14. The topological polar surface area (TPSA) is 58.4 Å². The number of aryl methyl sites for hydroxylation is 2. The zero-order valence-corrected chi connectivity index (χ0v) is 13.5. The van der Waals surface area contributed by atoms with Gasteiger partial charge in [0.05, 0.1) is 11.3 Å². The standard InChI is InChI=1S/C15H22ClN3O2/c1-11-12(14(16)18(3)17-11)5-6-13(20)19-9-4-7-15(2,21)8-10-19/h5-6,21H,4,7-10H2,1-3H3/b6-5+. The van der Waals surface area contributed by atoms with Crippen LogP contribution in [0, 0.1) is 6.92 Å². The smallest absolute Gasteiger partial charge is 0.246 e. The molecule has 1 saturated heterocycles. The van der Waals surface area contributed by atoms with E-state index >= 15 is 0 Å². The molecule has 2 rings (SSSR count). The van der Waals surface area contributed by atoms with E-state index in [4.69, 9.17) is 11.6 Å². The second-order valence-electron chi connectivity index (χ2n) is 5.92. The summed E-state index contributed by atoms with van der Waals surface area (Å²) < 4.78 is 1.59. The van der Waals surface area contributed by atoms with E-state index < -0.39 is 5.60 Å². The Bertz CT molecular complexity index is 564. The van der Waals surface area contributed by atoms with Crippen molar-refractivity contribution >= 4 is 23.6 Å². The third kappa shape index (κ3) is 3.86. The van der Waals surface area contributed by atoms with E-state index in [0.29, 0.717) is 24.7 Å². The lowest BCUT2D eigenvalue weighted by molar-refractivity contribution is -0.126. The Morgan fingerprint density at radius 3 is 2.76 bits per heavy atom. The van der Waals surface area contributed by atoms with E-state index in [1.165, 1.54) is 6.08 Å². The zero-order valence-electron chi connectivity index (χ0n) is 12.8. The van der Waals surface area contributed by atoms with Crippen molar-refractivity contribution in [3.8, 4) is 0 Å². The van der Waals surface area contributed by atoms with Crippen LogP contribution in [-0.4, -0.2) is 44.4 Å². The van der Waals surface area contributed by atoms with Gasteiger partial charge in [-0.25, -0.2) is 0 Å². The molecule has 1 fully saturated rings. The van der Waals surface area contributed by atoms with Crippen molar-refractivity contribution < 1.29 is 9.90 Å². The number of nitrogens with zero attached hydrogens (tertiary/aromatic N) is 3. The van der Waals surface area contributed by atoms with E-state index in [9.17, 15) is 9.90 Å². The van der Waals surface area contributed by atoms with Gasteiger partial charge in [0.1, 0.15) is 5.15 Å². The van der Waals surface area contributed by atoms with Gasteiger partial charge in [0.2, 0.25) is 5.91 Å². The van der Waals surface area contributed by atoms with Crippen LogP contribution >= 0.6 is 11.6 Å². The van der Waals surface area contributed by atoms with Gasteiger partial charge in [-0.1, -0.05) is 11.6 Å². The lowest BCUT2D eigenvalue weighted by atomic mass is 9.98. The first kappa shape index (κ1) is 16.0. The molecule has 0 aliphatic carbocycles. The van der Waals surface area contributed by atoms with Crippen LogP contribution in [0.5, 0.6) is 0 Å². The van der Waals surface area contributed by atoms with Crippen LogP contribution in [0.3, 0.4) is 0 Å². The van der Waals surface area contributed by atoms with Gasteiger partial charge in [0.15, 0.2) is 0 Å². The number of hydrogen-bond donors (Lipinski definition) is 1. The molecule has 1 N–H and O–H groups in total. The van der Waals surface area contributed by atoms with Crippen molar-refractivity contribution in [3.63, 3.8) is 0 Å². The summed E-state index contributed by atoms with van der Waals surface area (Å²) in [6, 6.07) is 0. The Balaban J connectivity index is 2.05. The molecule has 0 aromatic carbocycles. The predicted molar refractivity (Wildman–Crippen MR) is 83.0 cm³/mol. The molecule has 0 spiro atoms. The predicted octanol–water partition coefficient (Wildman–Crippen LogP) is 2.16. The molecule has 1 amide bonds. The molecule has 2 heterocycles. The third-order valence-electron chi connectivity index (χ3n) is 3.96. The van der Waals surface area contributed by atoms with Crippen molar-refractivity contribution in [2.24, 2.45) is 7.05 Å². The minimum absolute atomic E-state index is 0.0491. The molecular weight excluding hydrogens is 290 g/mol. The summed E-state index contributed by atoms with van der Waals surface area (Å²) in [7, 11) is 1.77. The monoisotopic (exact) mass is 311 g/mol. The first-order valence-corrected chi connectivity index (χ1v) is 7.56. The fourth-order valence-corrected chi connectivity index (χ4v) is 2.82. The van der Waals surface area contributed by atoms with Crippen molar-refractivity contribution in [1.82, 2.24) is 14.7 Å². The highest BCUT2D eigenvalue weighted by Crippen LogP contribution is 2.22. The summed E-state index contributed by atoms with van der Waals surface area (Å²) in [5.74, 6) is -0.0491. The molecule has 0 radical (unpaired) electrons. The van der Waals surface area contributed by atoms with Crippen LogP contribution in [0.1, 0.15) is 37.4 Å². The van der Waals surface area contributed by atoms with Crippen LogP contribution in [0.25, 0.3) is 6.08 Å². The number of carbonyl (C=O) groups is 1. The number of aromatic nitrogens is 2. The van der Waals surface area contributed by atoms with E-state index in [1.54, 1.807) is 22.7 Å². The minimum Gasteiger partial charge on any atom is -0.390 e. The van der Waals surface area contributed by atoms with E-state index in [-0.39, 0.29) is 5.91 Å². The largest absolute Gasteiger partial charge is 0.390 e. The summed E-state index contributed by atoms with van der Waals surface area (Å²) in [4.78, 5) is 14.0. The number of amides is 1. The number of hydrogen-bond acceptors (Lipinski definition) is 3. The number of likely N-dealkylation sites (tertiary alicyclic amines) is 1. The summed E-state index contributed by atoms with van der Waals surface area (Å²) in [5.41, 5.74) is 0.904. The van der Waals surface area contributed by atoms with Crippen LogP contribution < -0.4 is 0 Å². The molecule has 0 saturated carbocycles. The number of rotatable bonds is 2. The Kier molecular flexibility index (Phi) is 4.74. The van der Waals surface area contributed by atoms with Gasteiger partial charge in [-0.3, -0.25) is 9.48 Å². The Hall–Kier alpha value is -1.33. The van der Waals surface area contributed by atoms with Crippen LogP contribution in [-0.2, 0) is 11.8 Å². The lowest BCUT2D eigenvalue weighted by Crippen LogP contribution is -2.32. The minimum atomic E-state index is -0.665. The van der Waals surface area contributed by atoms with E-state index in [0.717, 1.165) is 24.1 Å². The molecule has 21 heavy (non-hydrogen) atoms. The maximum Gasteiger partial charge on any atom is 0.246 e. The first-order chi connectivity index (χ1) is 9.80. The molecule has 1 aliphatic rings. The first-order valence-electron chi connectivity index (χ1n) is 7.18. The molecule has 6 heteroatoms. The number of carbonyl (C=O) groups excluding carboxylic acids is 1. The van der Waals surface area contributed by atoms with Gasteiger partial charge in [-0.2, -0.15) is 5.10 Å². The molecule has 1 aromatic rings. The van der Waals surface area contributed by atoms with Crippen molar-refractivity contribution in [1.29, 1.82) is 0 Å². The number of halogens is 1. The van der Waals surface area contributed by atoms with Crippen LogP contribution in [0.4, 0.5) is 0 Å². The van der Waals surface area contributed by atoms with Gasteiger partial charge >= 0.3 is 0 Å². The van der Waals surface area contributed by atoms with Gasteiger partial charge in [0, 0.05) is 31.8 Å². The Morgan fingerprint density at radius 2 is 2.14 bits per heavy atom. The Morgan fingerprint density at radius 1 is 1.43 bits per heavy atom. The van der Waals surface area contributed by atoms with E-state index in [1.807, 2.05) is 13.8 Å². The highest BCUT2D eigenvalue weighted by atomic mass is 35.5. The average molecular weight is 312 g/mol. The normalized spacial score (nSPS) is 23.6. The van der Waals surface area contributed by atoms with Gasteiger partial charge < -0.3 is 10.0 Å². The molecule has 116 valence electrons. The van der Waals surface area contributed by atoms with Gasteiger partial charge in [-0.05, 0) is 39.2 Å². The fraction of sp³-hybridized carbons (Fsp3) is 0.600. The lowest BCUT2D eigenvalue weighted by Gasteiger charge is -2.21. The molecule has 1 atom stereocenters. The average Bonchev–Trinajstić information content (AvgIpc) is 2.56. The van der Waals surface area contributed by atoms with Crippen LogP contribution in [0.2, 0.25) is 5.15 Å². The second-order valence-corrected chi connectivity index (χ2v) is 6.28. The molecule has 1 aromatic heterocycles. The SMILES string of the molecule is Cc1nn(C)c(Cl)c1/C=C/C(=O)N1CCCC(C)(O)CC1. The second kappa shape index (κ2) is 6.20. The summed E-state index contributed by atoms with van der Waals surface area (Å²) in [6.07, 6.45) is 5.42. The maximum atomic E-state index is 12.3. The Labute approximate surface area is 130 Å². The highest BCUT2D eigenvalue weighted by Gasteiger charge is 2.26. The fourth-order valence-electron chi connectivity index (χ4n) is 2.58. The highest BCUT2D eigenvalue weighted by molar-refractivity contribution is 6.31. The zero-order chi connectivity index (χ0) is 15.6. The molecule has 0 bridgehead atoms. The third-order valence-corrected chi connectivity index (χ3v) is 4.41. The van der Waals surface area contributed by atoms with Crippen molar-refractivity contribution in [2.75, 3.05) is 13.1 Å². The molecule has 1 unspecified atom stereocenters. The molecule has 1 aliphatic heterocycles. The van der Waals surface area contributed by atoms with Crippen LogP contribution in [0.15, 0.2) is 6.08 Å². The number of aliphatic hydroxyl groups is 1. The summed E-state index contributed by atoms with van der Waals surface area (Å²) in [6.45, 7) is 4.95. The van der Waals surface area contributed by atoms with Crippen molar-refractivity contribution in [3.05, 3.63) is 22.5 Å². The molecular formula is C15H22ClN3O2. The maximum absolute atomic E-state index is 12.3. The van der Waals surface area contributed by atoms with Gasteiger partial charge in [0.25, 0.3) is 0 Å². The van der Waals surface area contributed by atoms with E-state index in [2.05, 4.69) is 5.10 Å². The van der Waals surface area contributed by atoms with Crippen molar-refractivity contribution in [2.45, 2.75) is 38.7 Å².